The molecule has 0 spiro atoms. The summed E-state index contributed by atoms with van der Waals surface area (Å²) in [4.78, 5) is 23.7. The normalized spacial score (nSPS) is 31.3. The molecule has 2 rings (SSSR count). The minimum absolute atomic E-state index is 0.136. The second kappa shape index (κ2) is 11.7. The van der Waals surface area contributed by atoms with Crippen LogP contribution in [0, 0.1) is 23.7 Å². The predicted molar refractivity (Wildman–Crippen MR) is 104 cm³/mol. The van der Waals surface area contributed by atoms with Crippen molar-refractivity contribution in [2.75, 3.05) is 19.8 Å². The molecule has 2 aliphatic rings. The molecule has 0 amide bonds. The maximum absolute atomic E-state index is 11.9. The molecule has 0 aromatic heterocycles. The number of rotatable bonds is 9. The Morgan fingerprint density at radius 3 is 1.96 bits per heavy atom. The van der Waals surface area contributed by atoms with Gasteiger partial charge in [-0.05, 0) is 63.2 Å². The van der Waals surface area contributed by atoms with Crippen molar-refractivity contribution in [3.63, 3.8) is 0 Å². The van der Waals surface area contributed by atoms with E-state index in [4.69, 9.17) is 14.2 Å². The summed E-state index contributed by atoms with van der Waals surface area (Å²) >= 11 is 0. The molecular weight excluding hydrogens is 344 g/mol. The van der Waals surface area contributed by atoms with Gasteiger partial charge in [-0.1, -0.05) is 20.3 Å². The smallest absolute Gasteiger partial charge is 0.305 e. The highest BCUT2D eigenvalue weighted by Crippen LogP contribution is 2.33. The van der Waals surface area contributed by atoms with Crippen LogP contribution in [0.4, 0.5) is 0 Å². The fourth-order valence-corrected chi connectivity index (χ4v) is 3.98. The minimum Gasteiger partial charge on any atom is -0.465 e. The van der Waals surface area contributed by atoms with Crippen LogP contribution in [0.15, 0.2) is 0 Å². The first-order valence-electron chi connectivity index (χ1n) is 10.9. The molecule has 1 aliphatic carbocycles. The minimum atomic E-state index is -0.174. The first kappa shape index (κ1) is 22.2. The fraction of sp³-hybridized carbons (Fsp3) is 0.909. The Morgan fingerprint density at radius 2 is 1.41 bits per heavy atom. The first-order chi connectivity index (χ1) is 12.9. The van der Waals surface area contributed by atoms with Crippen molar-refractivity contribution in [3.8, 4) is 0 Å². The third kappa shape index (κ3) is 8.63. The number of esters is 2. The number of unbranched alkanes of at least 4 members (excludes halogenated alkanes) is 1. The number of carbonyl (C=O) groups excluding carboxylic acids is 2. The highest BCUT2D eigenvalue weighted by molar-refractivity contribution is 5.70. The molecule has 1 saturated heterocycles. The van der Waals surface area contributed by atoms with Crippen LogP contribution >= 0.6 is 0 Å². The highest BCUT2D eigenvalue weighted by Gasteiger charge is 2.25. The van der Waals surface area contributed by atoms with E-state index in [-0.39, 0.29) is 11.9 Å². The molecule has 156 valence electrons. The molecule has 5 nitrogen and oxygen atoms in total. The van der Waals surface area contributed by atoms with Crippen molar-refractivity contribution < 1.29 is 23.8 Å². The van der Waals surface area contributed by atoms with Gasteiger partial charge in [0.2, 0.25) is 0 Å². The van der Waals surface area contributed by atoms with E-state index in [0.717, 1.165) is 37.5 Å². The number of hydrogen-bond acceptors (Lipinski definition) is 5. The van der Waals surface area contributed by atoms with Crippen LogP contribution in [0.1, 0.15) is 78.6 Å². The number of hydrogen-bond donors (Lipinski definition) is 0. The Morgan fingerprint density at radius 1 is 0.815 bits per heavy atom. The maximum atomic E-state index is 11.9. The van der Waals surface area contributed by atoms with Gasteiger partial charge >= 0.3 is 11.9 Å². The molecule has 5 atom stereocenters. The molecule has 0 aromatic carbocycles. The second-order valence-corrected chi connectivity index (χ2v) is 8.79. The third-order valence-corrected chi connectivity index (χ3v) is 6.28. The van der Waals surface area contributed by atoms with Crippen molar-refractivity contribution in [2.45, 2.75) is 84.7 Å². The van der Waals surface area contributed by atoms with Gasteiger partial charge in [0, 0.05) is 18.8 Å². The quantitative estimate of drug-likeness (QED) is 0.433. The van der Waals surface area contributed by atoms with Crippen LogP contribution in [-0.4, -0.2) is 37.9 Å². The van der Waals surface area contributed by atoms with Gasteiger partial charge in [-0.15, -0.1) is 0 Å². The largest absolute Gasteiger partial charge is 0.465 e. The summed E-state index contributed by atoms with van der Waals surface area (Å²) in [7, 11) is 0. The molecule has 2 fully saturated rings. The van der Waals surface area contributed by atoms with Crippen LogP contribution in [0.5, 0.6) is 0 Å². The van der Waals surface area contributed by atoms with Gasteiger partial charge in [0.1, 0.15) is 0 Å². The summed E-state index contributed by atoms with van der Waals surface area (Å²) in [6, 6.07) is 0. The van der Waals surface area contributed by atoms with E-state index in [1.807, 2.05) is 0 Å². The first-order valence-corrected chi connectivity index (χ1v) is 10.9. The Kier molecular flexibility index (Phi) is 9.60. The predicted octanol–water partition coefficient (Wildman–Crippen LogP) is 4.52. The van der Waals surface area contributed by atoms with Crippen molar-refractivity contribution in [3.05, 3.63) is 0 Å². The zero-order chi connectivity index (χ0) is 19.6. The summed E-state index contributed by atoms with van der Waals surface area (Å²) in [5.74, 6) is 2.03. The van der Waals surface area contributed by atoms with E-state index in [9.17, 15) is 9.59 Å². The van der Waals surface area contributed by atoms with Crippen molar-refractivity contribution in [1.29, 1.82) is 0 Å². The lowest BCUT2D eigenvalue weighted by Gasteiger charge is -2.31. The molecule has 1 saturated carbocycles. The molecule has 5 heteroatoms. The third-order valence-electron chi connectivity index (χ3n) is 6.28. The van der Waals surface area contributed by atoms with Gasteiger partial charge in [0.15, 0.2) is 0 Å². The van der Waals surface area contributed by atoms with Crippen LogP contribution < -0.4 is 0 Å². The molecule has 0 N–H and O–H groups in total. The van der Waals surface area contributed by atoms with Gasteiger partial charge < -0.3 is 14.2 Å². The highest BCUT2D eigenvalue weighted by atomic mass is 16.5. The molecule has 5 unspecified atom stereocenters. The van der Waals surface area contributed by atoms with Gasteiger partial charge in [0.25, 0.3) is 0 Å². The van der Waals surface area contributed by atoms with E-state index < -0.39 is 0 Å². The Hall–Kier alpha value is -1.10. The van der Waals surface area contributed by atoms with Gasteiger partial charge in [-0.25, -0.2) is 0 Å². The summed E-state index contributed by atoms with van der Waals surface area (Å²) in [6.45, 7) is 8.36. The van der Waals surface area contributed by atoms with Crippen LogP contribution in [0.2, 0.25) is 0 Å². The molecule has 1 heterocycles. The summed E-state index contributed by atoms with van der Waals surface area (Å²) in [6.07, 6.45) is 8.07. The summed E-state index contributed by atoms with van der Waals surface area (Å²) in [5.41, 5.74) is 0. The van der Waals surface area contributed by atoms with Crippen molar-refractivity contribution >= 4 is 11.9 Å². The zero-order valence-corrected chi connectivity index (χ0v) is 17.4. The van der Waals surface area contributed by atoms with Crippen LogP contribution in [0.25, 0.3) is 0 Å². The van der Waals surface area contributed by atoms with E-state index in [2.05, 4.69) is 20.8 Å². The Bertz CT molecular complexity index is 456. The lowest BCUT2D eigenvalue weighted by Crippen LogP contribution is -2.27. The van der Waals surface area contributed by atoms with Crippen LogP contribution in [-0.2, 0) is 23.8 Å². The fourth-order valence-electron chi connectivity index (χ4n) is 3.98. The number of ether oxygens (including phenoxy) is 3. The second-order valence-electron chi connectivity index (χ2n) is 8.79. The zero-order valence-electron chi connectivity index (χ0n) is 17.4. The summed E-state index contributed by atoms with van der Waals surface area (Å²) in [5, 5.41) is 0. The topological polar surface area (TPSA) is 61.8 Å². The average Bonchev–Trinajstić information content (AvgIpc) is 2.65. The lowest BCUT2D eigenvalue weighted by molar-refractivity contribution is -0.148. The van der Waals surface area contributed by atoms with Gasteiger partial charge in [0.05, 0.1) is 25.9 Å². The van der Waals surface area contributed by atoms with Gasteiger partial charge in [-0.2, -0.15) is 0 Å². The van der Waals surface area contributed by atoms with Crippen molar-refractivity contribution in [1.82, 2.24) is 0 Å². The maximum Gasteiger partial charge on any atom is 0.305 e. The molecule has 0 aromatic rings. The monoisotopic (exact) mass is 382 g/mol. The lowest BCUT2D eigenvalue weighted by atomic mass is 9.76. The summed E-state index contributed by atoms with van der Waals surface area (Å²) < 4.78 is 16.4. The standard InChI is InChI=1S/C22H38O5/c1-16-8-10-19(12-17(16)2)13-26-21(23)6-4-5-7-22(24)27-15-20-11-9-18(3)25-14-20/h16-20H,4-15H2,1-3H3. The molecule has 1 aliphatic heterocycles. The van der Waals surface area contributed by atoms with Crippen molar-refractivity contribution in [2.24, 2.45) is 23.7 Å². The molecular formula is C22H38O5. The van der Waals surface area contributed by atoms with Gasteiger partial charge in [-0.3, -0.25) is 9.59 Å². The Labute approximate surface area is 164 Å². The van der Waals surface area contributed by atoms with Crippen LogP contribution in [0.3, 0.4) is 0 Å². The van der Waals surface area contributed by atoms with E-state index in [1.54, 1.807) is 0 Å². The Balaban J connectivity index is 1.46. The van der Waals surface area contributed by atoms with E-state index in [0.29, 0.717) is 63.4 Å². The SMILES string of the molecule is CC1CCC(COC(=O)CCCCC(=O)OCC2CCC(C)C(C)C2)CO1. The van der Waals surface area contributed by atoms with E-state index in [1.165, 1.54) is 6.42 Å². The molecule has 0 bridgehead atoms. The molecule has 27 heavy (non-hydrogen) atoms. The van der Waals surface area contributed by atoms with E-state index >= 15 is 0 Å². The average molecular weight is 383 g/mol. The number of carbonyl (C=O) groups is 2. The molecule has 0 radical (unpaired) electrons.